The number of nitrogens with zero attached hydrogens (tertiary/aromatic N) is 2. The maximum Gasteiger partial charge on any atom is 0.419 e. The van der Waals surface area contributed by atoms with Crippen LogP contribution in [0.1, 0.15) is 34.7 Å². The van der Waals surface area contributed by atoms with Crippen LogP contribution >= 0.6 is 0 Å². The molecule has 0 aliphatic carbocycles. The lowest BCUT2D eigenvalue weighted by Crippen LogP contribution is -2.28. The first-order chi connectivity index (χ1) is 9.80. The summed E-state index contributed by atoms with van der Waals surface area (Å²) in [7, 11) is 0. The molecule has 1 aromatic carbocycles. The average molecular weight is 302 g/mol. The summed E-state index contributed by atoms with van der Waals surface area (Å²) in [4.78, 5) is 15.7. The van der Waals surface area contributed by atoms with Gasteiger partial charge in [0.05, 0.1) is 17.2 Å². The number of nitrogens with one attached hydrogen (secondary N) is 2. The van der Waals surface area contributed by atoms with Crippen molar-refractivity contribution in [1.29, 1.82) is 0 Å². The van der Waals surface area contributed by atoms with E-state index in [4.69, 9.17) is 0 Å². The third kappa shape index (κ3) is 3.18. The van der Waals surface area contributed by atoms with Crippen molar-refractivity contribution in [2.45, 2.75) is 19.1 Å². The van der Waals surface area contributed by atoms with Crippen LogP contribution in [0.3, 0.4) is 0 Å². The van der Waals surface area contributed by atoms with Gasteiger partial charge in [0.15, 0.2) is 0 Å². The molecule has 1 amide bonds. The highest BCUT2D eigenvalue weighted by molar-refractivity contribution is 5.94. The fourth-order valence-corrected chi connectivity index (χ4v) is 1.69. The molecular weight excluding hydrogens is 292 g/mol. The Labute approximate surface area is 116 Å². The van der Waals surface area contributed by atoms with Crippen molar-refractivity contribution in [2.75, 3.05) is 0 Å². The van der Waals surface area contributed by atoms with E-state index in [1.807, 2.05) is 0 Å². The summed E-state index contributed by atoms with van der Waals surface area (Å²) < 4.78 is 51.5. The lowest BCUT2D eigenvalue weighted by atomic mass is 10.1. The Hall–Kier alpha value is -2.45. The number of halogens is 4. The Morgan fingerprint density at radius 3 is 2.67 bits per heavy atom. The summed E-state index contributed by atoms with van der Waals surface area (Å²) in [6, 6.07) is 1.87. The molecule has 2 rings (SSSR count). The van der Waals surface area contributed by atoms with E-state index < -0.39 is 35.1 Å². The van der Waals surface area contributed by atoms with Gasteiger partial charge in [0.2, 0.25) is 0 Å². The summed E-state index contributed by atoms with van der Waals surface area (Å²) in [6.07, 6.45) is -3.65. The third-order valence-corrected chi connectivity index (χ3v) is 2.74. The van der Waals surface area contributed by atoms with Gasteiger partial charge >= 0.3 is 6.18 Å². The first-order valence-corrected chi connectivity index (χ1v) is 5.82. The van der Waals surface area contributed by atoms with Crippen molar-refractivity contribution in [3.8, 4) is 0 Å². The van der Waals surface area contributed by atoms with Crippen LogP contribution in [-0.4, -0.2) is 21.1 Å². The van der Waals surface area contributed by atoms with Crippen LogP contribution in [0.5, 0.6) is 0 Å². The topological polar surface area (TPSA) is 70.7 Å². The van der Waals surface area contributed by atoms with Gasteiger partial charge in [-0.3, -0.25) is 9.89 Å². The van der Waals surface area contributed by atoms with Gasteiger partial charge in [-0.15, -0.1) is 0 Å². The highest BCUT2D eigenvalue weighted by Crippen LogP contribution is 2.32. The smallest absolute Gasteiger partial charge is 0.342 e. The molecule has 2 N–H and O–H groups in total. The van der Waals surface area contributed by atoms with Gasteiger partial charge in [-0.2, -0.15) is 18.3 Å². The number of aromatic nitrogens is 3. The number of carbonyl (C=O) groups is 1. The van der Waals surface area contributed by atoms with Gasteiger partial charge < -0.3 is 5.32 Å². The van der Waals surface area contributed by atoms with E-state index in [1.165, 1.54) is 13.3 Å². The molecule has 0 aliphatic heterocycles. The number of hydrogen-bond acceptors (Lipinski definition) is 3. The molecule has 2 aromatic rings. The molecule has 112 valence electrons. The molecule has 21 heavy (non-hydrogen) atoms. The van der Waals surface area contributed by atoms with E-state index >= 15 is 0 Å². The quantitative estimate of drug-likeness (QED) is 0.856. The largest absolute Gasteiger partial charge is 0.419 e. The highest BCUT2D eigenvalue weighted by atomic mass is 19.4. The maximum atomic E-state index is 13.8. The number of rotatable bonds is 3. The summed E-state index contributed by atoms with van der Waals surface area (Å²) in [5, 5.41) is 8.41. The summed E-state index contributed by atoms with van der Waals surface area (Å²) in [5.74, 6) is -2.27. The molecule has 0 saturated carbocycles. The van der Waals surface area contributed by atoms with E-state index in [-0.39, 0.29) is 0 Å². The Morgan fingerprint density at radius 2 is 2.10 bits per heavy atom. The second-order valence-corrected chi connectivity index (χ2v) is 4.23. The first kappa shape index (κ1) is 14.9. The minimum atomic E-state index is -4.86. The number of benzene rings is 1. The van der Waals surface area contributed by atoms with Crippen LogP contribution < -0.4 is 5.32 Å². The fourth-order valence-electron chi connectivity index (χ4n) is 1.69. The molecule has 5 nitrogen and oxygen atoms in total. The van der Waals surface area contributed by atoms with Crippen LogP contribution in [0, 0.1) is 5.82 Å². The van der Waals surface area contributed by atoms with E-state index in [9.17, 15) is 22.4 Å². The van der Waals surface area contributed by atoms with E-state index in [0.29, 0.717) is 11.9 Å². The molecule has 9 heteroatoms. The van der Waals surface area contributed by atoms with Crippen LogP contribution in [-0.2, 0) is 6.18 Å². The summed E-state index contributed by atoms with van der Waals surface area (Å²) in [6.45, 7) is 1.53. The Balaban J connectivity index is 2.24. The summed E-state index contributed by atoms with van der Waals surface area (Å²) in [5.41, 5.74) is -2.17. The predicted molar refractivity (Wildman–Crippen MR) is 63.7 cm³/mol. The normalized spacial score (nSPS) is 13.0. The Bertz CT molecular complexity index is 639. The van der Waals surface area contributed by atoms with Crippen LogP contribution in [0.15, 0.2) is 24.5 Å². The standard InChI is InChI=1S/C12H10F4N4O/c1-6(10-17-5-18-20-10)19-11(21)7-3-2-4-8(9(7)13)12(14,15)16/h2-6H,1H3,(H,19,21)(H,17,18,20). The zero-order valence-electron chi connectivity index (χ0n) is 10.7. The van der Waals surface area contributed by atoms with Gasteiger partial charge in [-0.1, -0.05) is 6.07 Å². The van der Waals surface area contributed by atoms with Gasteiger partial charge in [-0.25, -0.2) is 9.37 Å². The van der Waals surface area contributed by atoms with Crippen LogP contribution in [0.25, 0.3) is 0 Å². The molecule has 0 spiro atoms. The van der Waals surface area contributed by atoms with Gasteiger partial charge in [-0.05, 0) is 19.1 Å². The fraction of sp³-hybridized carbons (Fsp3) is 0.250. The molecule has 1 atom stereocenters. The van der Waals surface area contributed by atoms with Crippen molar-refractivity contribution >= 4 is 5.91 Å². The monoisotopic (exact) mass is 302 g/mol. The van der Waals surface area contributed by atoms with Gasteiger partial charge in [0.1, 0.15) is 18.0 Å². The van der Waals surface area contributed by atoms with E-state index in [2.05, 4.69) is 20.5 Å². The van der Waals surface area contributed by atoms with E-state index in [1.54, 1.807) is 0 Å². The Morgan fingerprint density at radius 1 is 1.38 bits per heavy atom. The lowest BCUT2D eigenvalue weighted by Gasteiger charge is -2.14. The third-order valence-electron chi connectivity index (χ3n) is 2.74. The Kier molecular flexibility index (Phi) is 3.92. The molecule has 1 aromatic heterocycles. The number of hydrogen-bond donors (Lipinski definition) is 2. The molecule has 0 fully saturated rings. The van der Waals surface area contributed by atoms with Gasteiger partial charge in [0, 0.05) is 0 Å². The SMILES string of the molecule is CC(NC(=O)c1cccc(C(F)(F)F)c1F)c1ncn[nH]1. The van der Waals surface area contributed by atoms with Crippen LogP contribution in [0.2, 0.25) is 0 Å². The zero-order chi connectivity index (χ0) is 15.6. The molecule has 0 radical (unpaired) electrons. The van der Waals surface area contributed by atoms with Crippen LogP contribution in [0.4, 0.5) is 17.6 Å². The van der Waals surface area contributed by atoms with Crippen molar-refractivity contribution in [2.24, 2.45) is 0 Å². The zero-order valence-corrected chi connectivity index (χ0v) is 10.7. The minimum Gasteiger partial charge on any atom is -0.342 e. The van der Waals surface area contributed by atoms with Crippen molar-refractivity contribution in [1.82, 2.24) is 20.5 Å². The maximum absolute atomic E-state index is 13.8. The minimum absolute atomic E-state index is 0.302. The predicted octanol–water partition coefficient (Wildman–Crippen LogP) is 2.45. The number of aromatic amines is 1. The second-order valence-electron chi connectivity index (χ2n) is 4.23. The molecular formula is C12H10F4N4O. The molecule has 0 saturated heterocycles. The first-order valence-electron chi connectivity index (χ1n) is 5.82. The molecule has 0 aliphatic rings. The number of amides is 1. The molecule has 1 unspecified atom stereocenters. The lowest BCUT2D eigenvalue weighted by molar-refractivity contribution is -0.140. The van der Waals surface area contributed by atoms with Crippen molar-refractivity contribution in [3.05, 3.63) is 47.3 Å². The average Bonchev–Trinajstić information content (AvgIpc) is 2.91. The second kappa shape index (κ2) is 5.51. The molecule has 0 bridgehead atoms. The molecule has 1 heterocycles. The van der Waals surface area contributed by atoms with Crippen molar-refractivity contribution < 1.29 is 22.4 Å². The van der Waals surface area contributed by atoms with Crippen molar-refractivity contribution in [3.63, 3.8) is 0 Å². The van der Waals surface area contributed by atoms with E-state index in [0.717, 1.165) is 12.1 Å². The number of alkyl halides is 3. The number of carbonyl (C=O) groups excluding carboxylic acids is 1. The summed E-state index contributed by atoms with van der Waals surface area (Å²) >= 11 is 0. The van der Waals surface area contributed by atoms with Gasteiger partial charge in [0.25, 0.3) is 5.91 Å². The highest BCUT2D eigenvalue weighted by Gasteiger charge is 2.35. The number of H-pyrrole nitrogens is 1.